The summed E-state index contributed by atoms with van der Waals surface area (Å²) in [4.78, 5) is 11.5. The Morgan fingerprint density at radius 1 is 1.15 bits per heavy atom. The van der Waals surface area contributed by atoms with Crippen LogP contribution in [0.1, 0.15) is 72.1 Å². The van der Waals surface area contributed by atoms with Crippen molar-refractivity contribution in [1.82, 2.24) is 0 Å². The topological polar surface area (TPSA) is 59.1 Å². The Morgan fingerprint density at radius 3 is 2.52 bits per heavy atom. The van der Waals surface area contributed by atoms with Crippen LogP contribution in [0.2, 0.25) is 0 Å². The zero-order chi connectivity index (χ0) is 19.2. The summed E-state index contributed by atoms with van der Waals surface area (Å²) >= 11 is 0. The molecule has 0 amide bonds. The number of hydrogen-bond donors (Lipinski definition) is 1. The molecule has 5 rings (SSSR count). The first-order valence-corrected chi connectivity index (χ1v) is 10.9. The van der Waals surface area contributed by atoms with Crippen LogP contribution in [0, 0.1) is 28.6 Å². The van der Waals surface area contributed by atoms with Gasteiger partial charge in [-0.05, 0) is 62.7 Å². The lowest BCUT2D eigenvalue weighted by Gasteiger charge is -2.60. The molecular formula is C23H34O4. The second kappa shape index (κ2) is 5.38. The van der Waals surface area contributed by atoms with E-state index in [-0.39, 0.29) is 28.5 Å². The van der Waals surface area contributed by atoms with Gasteiger partial charge in [-0.2, -0.15) is 0 Å². The summed E-state index contributed by atoms with van der Waals surface area (Å²) in [6.07, 6.45) is 10.4. The molecule has 1 saturated heterocycles. The van der Waals surface area contributed by atoms with Crippen molar-refractivity contribution in [2.24, 2.45) is 28.6 Å². The zero-order valence-corrected chi connectivity index (χ0v) is 17.0. The quantitative estimate of drug-likeness (QED) is 0.451. The van der Waals surface area contributed by atoms with E-state index >= 15 is 0 Å². The van der Waals surface area contributed by atoms with Crippen molar-refractivity contribution in [3.8, 4) is 0 Å². The van der Waals surface area contributed by atoms with Crippen molar-refractivity contribution >= 4 is 5.97 Å². The van der Waals surface area contributed by atoms with Crippen molar-refractivity contribution in [3.05, 3.63) is 12.7 Å². The molecule has 4 aliphatic carbocycles. The molecular weight excluding hydrogens is 340 g/mol. The van der Waals surface area contributed by atoms with Gasteiger partial charge < -0.3 is 14.6 Å². The normalized spacial score (nSPS) is 58.3. The molecule has 9 atom stereocenters. The number of aliphatic hydroxyl groups is 1. The van der Waals surface area contributed by atoms with E-state index < -0.39 is 5.60 Å². The van der Waals surface area contributed by atoms with Crippen LogP contribution >= 0.6 is 0 Å². The standard InChI is InChI=1S/C23H34O4/c1-5-22(25)11-8-17-16-12-19-23(27-19)13-15(26-14(2)24)6-9-21(23,4)18(16)7-10-20(17,22)3/h5,15-19,25H,1,6-13H2,2-4H3/t15-,16+,17+,18+,19+,20+,21+,22-,23-/m0/s1. The third-order valence-electron chi connectivity index (χ3n) is 9.93. The number of ether oxygens (including phenoxy) is 2. The number of rotatable bonds is 2. The highest BCUT2D eigenvalue weighted by Gasteiger charge is 2.77. The van der Waals surface area contributed by atoms with Crippen molar-refractivity contribution < 1.29 is 19.4 Å². The minimum Gasteiger partial charge on any atom is -0.462 e. The molecule has 1 spiro atoms. The smallest absolute Gasteiger partial charge is 0.302 e. The molecule has 0 aromatic heterocycles. The Balaban J connectivity index is 1.44. The first-order valence-electron chi connectivity index (χ1n) is 10.9. The van der Waals surface area contributed by atoms with Gasteiger partial charge in [0, 0.05) is 24.2 Å². The van der Waals surface area contributed by atoms with Crippen molar-refractivity contribution in [2.75, 3.05) is 0 Å². The van der Waals surface area contributed by atoms with Crippen LogP contribution in [0.3, 0.4) is 0 Å². The third-order valence-corrected chi connectivity index (χ3v) is 9.93. The van der Waals surface area contributed by atoms with Gasteiger partial charge in [-0.15, -0.1) is 6.58 Å². The highest BCUT2D eigenvalue weighted by Crippen LogP contribution is 2.74. The lowest BCUT2D eigenvalue weighted by Crippen LogP contribution is -2.60. The van der Waals surface area contributed by atoms with Crippen LogP contribution in [-0.4, -0.2) is 34.5 Å². The molecule has 0 aromatic rings. The van der Waals surface area contributed by atoms with Gasteiger partial charge in [-0.3, -0.25) is 4.79 Å². The van der Waals surface area contributed by atoms with Crippen LogP contribution < -0.4 is 0 Å². The van der Waals surface area contributed by atoms with Crippen molar-refractivity contribution in [1.29, 1.82) is 0 Å². The average Bonchev–Trinajstić information content (AvgIpc) is 3.24. The summed E-state index contributed by atoms with van der Waals surface area (Å²) in [5, 5.41) is 11.2. The number of carbonyl (C=O) groups is 1. The molecule has 5 fully saturated rings. The van der Waals surface area contributed by atoms with Gasteiger partial charge in [-0.1, -0.05) is 19.9 Å². The fourth-order valence-electron chi connectivity index (χ4n) is 8.36. The largest absolute Gasteiger partial charge is 0.462 e. The fraction of sp³-hybridized carbons (Fsp3) is 0.870. The monoisotopic (exact) mass is 374 g/mol. The fourth-order valence-corrected chi connectivity index (χ4v) is 8.36. The molecule has 4 saturated carbocycles. The van der Waals surface area contributed by atoms with Gasteiger partial charge in [0.15, 0.2) is 0 Å². The van der Waals surface area contributed by atoms with Crippen LogP contribution in [-0.2, 0) is 14.3 Å². The van der Waals surface area contributed by atoms with Crippen LogP contribution in [0.15, 0.2) is 12.7 Å². The maximum absolute atomic E-state index is 11.5. The van der Waals surface area contributed by atoms with Gasteiger partial charge >= 0.3 is 5.97 Å². The van der Waals surface area contributed by atoms with Crippen LogP contribution in [0.25, 0.3) is 0 Å². The Morgan fingerprint density at radius 2 is 1.81 bits per heavy atom. The molecule has 27 heavy (non-hydrogen) atoms. The van der Waals surface area contributed by atoms with E-state index in [1.807, 2.05) is 6.08 Å². The Bertz CT molecular complexity index is 690. The Kier molecular flexibility index (Phi) is 3.62. The number of epoxide rings is 1. The van der Waals surface area contributed by atoms with Gasteiger partial charge in [-0.25, -0.2) is 0 Å². The van der Waals surface area contributed by atoms with E-state index in [4.69, 9.17) is 9.47 Å². The maximum Gasteiger partial charge on any atom is 0.302 e. The zero-order valence-electron chi connectivity index (χ0n) is 17.0. The first kappa shape index (κ1) is 18.2. The maximum atomic E-state index is 11.5. The summed E-state index contributed by atoms with van der Waals surface area (Å²) in [6.45, 7) is 10.2. The molecule has 0 aromatic carbocycles. The summed E-state index contributed by atoms with van der Waals surface area (Å²) in [6, 6.07) is 0. The van der Waals surface area contributed by atoms with Gasteiger partial charge in [0.2, 0.25) is 0 Å². The molecule has 0 radical (unpaired) electrons. The molecule has 1 aliphatic heterocycles. The lowest BCUT2D eigenvalue weighted by atomic mass is 9.44. The Hall–Kier alpha value is -0.870. The van der Waals surface area contributed by atoms with E-state index in [1.165, 1.54) is 13.3 Å². The van der Waals surface area contributed by atoms with E-state index in [1.54, 1.807) is 0 Å². The van der Waals surface area contributed by atoms with Crippen molar-refractivity contribution in [3.63, 3.8) is 0 Å². The van der Waals surface area contributed by atoms with E-state index in [0.717, 1.165) is 44.9 Å². The molecule has 5 aliphatic rings. The van der Waals surface area contributed by atoms with Crippen LogP contribution in [0.4, 0.5) is 0 Å². The first-order chi connectivity index (χ1) is 12.7. The van der Waals surface area contributed by atoms with Gasteiger partial charge in [0.25, 0.3) is 0 Å². The summed E-state index contributed by atoms with van der Waals surface area (Å²) in [5.41, 5.74) is -0.660. The summed E-state index contributed by atoms with van der Waals surface area (Å²) < 4.78 is 12.0. The predicted octanol–water partition coefficient (Wildman–Crippen LogP) is 4.01. The molecule has 0 bridgehead atoms. The summed E-state index contributed by atoms with van der Waals surface area (Å²) in [7, 11) is 0. The highest BCUT2D eigenvalue weighted by molar-refractivity contribution is 5.66. The number of carbonyl (C=O) groups excluding carboxylic acids is 1. The minimum absolute atomic E-state index is 0.0170. The number of fused-ring (bicyclic) bond motifs is 4. The molecule has 1 heterocycles. The molecule has 4 heteroatoms. The Labute approximate surface area is 162 Å². The van der Waals surface area contributed by atoms with Crippen molar-refractivity contribution in [2.45, 2.75) is 95.5 Å². The second-order valence-electron chi connectivity index (χ2n) is 10.6. The third kappa shape index (κ3) is 2.09. The van der Waals surface area contributed by atoms with Gasteiger partial charge in [0.05, 0.1) is 11.7 Å². The lowest BCUT2D eigenvalue weighted by molar-refractivity contribution is -0.160. The van der Waals surface area contributed by atoms with E-state index in [9.17, 15) is 9.90 Å². The highest BCUT2D eigenvalue weighted by atomic mass is 16.6. The molecule has 1 N–H and O–H groups in total. The molecule has 150 valence electrons. The molecule has 0 unspecified atom stereocenters. The van der Waals surface area contributed by atoms with Crippen LogP contribution in [0.5, 0.6) is 0 Å². The number of esters is 1. The minimum atomic E-state index is -0.713. The van der Waals surface area contributed by atoms with Gasteiger partial charge in [0.1, 0.15) is 11.7 Å². The van der Waals surface area contributed by atoms with E-state index in [2.05, 4.69) is 20.4 Å². The number of hydrogen-bond acceptors (Lipinski definition) is 4. The molecule has 4 nitrogen and oxygen atoms in total. The summed E-state index contributed by atoms with van der Waals surface area (Å²) in [5.74, 6) is 1.67. The predicted molar refractivity (Wildman–Crippen MR) is 102 cm³/mol. The SMILES string of the molecule is C=C[C@]1(O)CC[C@@H]2[C@H]3C[C@H]4O[C@@]45C[C@@H](OC(C)=O)CC[C@]5(C)[C@@H]3CC[C@]21C. The second-order valence-corrected chi connectivity index (χ2v) is 10.6. The van der Waals surface area contributed by atoms with E-state index in [0.29, 0.717) is 23.9 Å². The average molecular weight is 375 g/mol.